The van der Waals surface area contributed by atoms with Crippen molar-refractivity contribution in [3.05, 3.63) is 29.6 Å². The van der Waals surface area contributed by atoms with Crippen LogP contribution in [-0.2, 0) is 14.0 Å². The Kier molecular flexibility index (Phi) is 5.66. The number of alkyl carbamates (subject to hydrolysis) is 1. The van der Waals surface area contributed by atoms with Crippen molar-refractivity contribution >= 4 is 24.6 Å². The van der Waals surface area contributed by atoms with Gasteiger partial charge in [0.2, 0.25) is 0 Å². The van der Waals surface area contributed by atoms with E-state index in [4.69, 9.17) is 14.0 Å². The first-order valence-corrected chi connectivity index (χ1v) is 10.1. The Balaban J connectivity index is 1.64. The minimum atomic E-state index is -0.888. The second-order valence-electron chi connectivity index (χ2n) is 9.88. The molecule has 9 heteroatoms. The van der Waals surface area contributed by atoms with Crippen LogP contribution in [0, 0.1) is 5.82 Å². The van der Waals surface area contributed by atoms with Crippen LogP contribution in [0.5, 0.6) is 0 Å². The molecule has 2 aliphatic rings. The maximum Gasteiger partial charge on any atom is 0.497 e. The third-order valence-electron chi connectivity index (χ3n) is 5.64. The molecule has 2 aliphatic heterocycles. The molecule has 3 rings (SSSR count). The molecule has 1 N–H and O–H groups in total. The second-order valence-corrected chi connectivity index (χ2v) is 9.88. The number of nitrogens with one attached hydrogen (secondary N) is 1. The number of carbonyl (C=O) groups excluding carboxylic acids is 2. The molecule has 1 aromatic carbocycles. The quantitative estimate of drug-likeness (QED) is 0.761. The smallest absolute Gasteiger partial charge is 0.444 e. The van der Waals surface area contributed by atoms with Gasteiger partial charge in [-0.3, -0.25) is 4.79 Å². The molecule has 2 amide bonds. The van der Waals surface area contributed by atoms with E-state index in [1.165, 1.54) is 18.2 Å². The number of ether oxygens (including phenoxy) is 1. The predicted molar refractivity (Wildman–Crippen MR) is 111 cm³/mol. The van der Waals surface area contributed by atoms with Gasteiger partial charge in [-0.05, 0) is 66.7 Å². The van der Waals surface area contributed by atoms with Crippen LogP contribution in [0.25, 0.3) is 0 Å². The molecule has 30 heavy (non-hydrogen) atoms. The fourth-order valence-electron chi connectivity index (χ4n) is 3.22. The van der Waals surface area contributed by atoms with Crippen LogP contribution < -0.4 is 10.8 Å². The van der Waals surface area contributed by atoms with E-state index in [2.05, 4.69) is 5.32 Å². The van der Waals surface area contributed by atoms with Crippen LogP contribution >= 0.6 is 0 Å². The summed E-state index contributed by atoms with van der Waals surface area (Å²) in [6, 6.07) is 4.01. The van der Waals surface area contributed by atoms with Crippen molar-refractivity contribution in [2.24, 2.45) is 0 Å². The molecule has 0 atom stereocenters. The van der Waals surface area contributed by atoms with Gasteiger partial charge in [-0.15, -0.1) is 0 Å². The zero-order valence-corrected chi connectivity index (χ0v) is 18.7. The van der Waals surface area contributed by atoms with Crippen LogP contribution in [0.1, 0.15) is 58.8 Å². The normalized spacial score (nSPS) is 20.7. The molecule has 0 unspecified atom stereocenters. The van der Waals surface area contributed by atoms with Crippen molar-refractivity contribution in [2.45, 2.75) is 71.3 Å². The molecular weight excluding hydrogens is 390 g/mol. The van der Waals surface area contributed by atoms with E-state index in [-0.39, 0.29) is 17.4 Å². The summed E-state index contributed by atoms with van der Waals surface area (Å²) in [6.07, 6.45) is -0.510. The standard InChI is InChI=1S/C21H30BFN2O5/c1-19(2,3)28-18(27)24-14-11-25(12-14)17(26)13-8-9-16(23)15(10-13)22-29-20(4,5)21(6,7)30-22/h8-10,14H,11-12H2,1-7H3,(H,24,27). The van der Waals surface area contributed by atoms with Gasteiger partial charge < -0.3 is 24.3 Å². The summed E-state index contributed by atoms with van der Waals surface area (Å²) in [5.41, 5.74) is -1.26. The average Bonchev–Trinajstić information content (AvgIpc) is 2.76. The molecule has 0 bridgehead atoms. The highest BCUT2D eigenvalue weighted by Crippen LogP contribution is 2.36. The molecule has 2 saturated heterocycles. The summed E-state index contributed by atoms with van der Waals surface area (Å²) in [5.74, 6) is -0.729. The van der Waals surface area contributed by atoms with Crippen molar-refractivity contribution in [3.63, 3.8) is 0 Å². The van der Waals surface area contributed by atoms with Crippen molar-refractivity contribution < 1.29 is 28.0 Å². The lowest BCUT2D eigenvalue weighted by Gasteiger charge is -2.39. The molecule has 0 radical (unpaired) electrons. The molecule has 7 nitrogen and oxygen atoms in total. The highest BCUT2D eigenvalue weighted by Gasteiger charge is 2.52. The number of likely N-dealkylation sites (tertiary alicyclic amines) is 1. The van der Waals surface area contributed by atoms with E-state index in [1.54, 1.807) is 25.7 Å². The van der Waals surface area contributed by atoms with Gasteiger partial charge in [-0.25, -0.2) is 9.18 Å². The fraction of sp³-hybridized carbons (Fsp3) is 0.619. The first-order valence-electron chi connectivity index (χ1n) is 10.1. The highest BCUT2D eigenvalue weighted by atomic mass is 19.1. The predicted octanol–water partition coefficient (Wildman–Crippen LogP) is 2.47. The summed E-state index contributed by atoms with van der Waals surface area (Å²) in [6.45, 7) is 13.6. The molecule has 0 aliphatic carbocycles. The van der Waals surface area contributed by atoms with Gasteiger partial charge in [0, 0.05) is 24.1 Å². The molecule has 164 valence electrons. The van der Waals surface area contributed by atoms with E-state index < -0.39 is 35.8 Å². The van der Waals surface area contributed by atoms with E-state index in [0.717, 1.165) is 0 Å². The Morgan fingerprint density at radius 1 is 1.17 bits per heavy atom. The van der Waals surface area contributed by atoms with E-state index in [9.17, 15) is 14.0 Å². The first kappa shape index (κ1) is 22.6. The molecule has 0 saturated carbocycles. The van der Waals surface area contributed by atoms with Crippen LogP contribution in [-0.4, -0.2) is 60.0 Å². The number of hydrogen-bond acceptors (Lipinski definition) is 5. The Labute approximate surface area is 177 Å². The van der Waals surface area contributed by atoms with Gasteiger partial charge in [-0.2, -0.15) is 0 Å². The SMILES string of the molecule is CC(C)(C)OC(=O)NC1CN(C(=O)c2ccc(F)c(B3OC(C)(C)C(C)(C)O3)c2)C1. The van der Waals surface area contributed by atoms with E-state index in [0.29, 0.717) is 18.7 Å². The first-order chi connectivity index (χ1) is 13.7. The number of amides is 2. The lowest BCUT2D eigenvalue weighted by Crippen LogP contribution is -2.61. The zero-order valence-electron chi connectivity index (χ0n) is 18.7. The highest BCUT2D eigenvalue weighted by molar-refractivity contribution is 6.62. The lowest BCUT2D eigenvalue weighted by atomic mass is 9.77. The van der Waals surface area contributed by atoms with Crippen molar-refractivity contribution in [1.82, 2.24) is 10.2 Å². The Morgan fingerprint density at radius 3 is 2.27 bits per heavy atom. The van der Waals surface area contributed by atoms with Gasteiger partial charge in [0.15, 0.2) is 0 Å². The minimum absolute atomic E-state index is 0.174. The number of hydrogen-bond donors (Lipinski definition) is 1. The van der Waals surface area contributed by atoms with Crippen LogP contribution in [0.4, 0.5) is 9.18 Å². The van der Waals surface area contributed by atoms with Crippen molar-refractivity contribution in [3.8, 4) is 0 Å². The maximum absolute atomic E-state index is 14.5. The Bertz CT molecular complexity index is 830. The molecule has 1 aromatic rings. The van der Waals surface area contributed by atoms with Gasteiger partial charge in [0.25, 0.3) is 5.91 Å². The van der Waals surface area contributed by atoms with Crippen LogP contribution in [0.3, 0.4) is 0 Å². The number of benzene rings is 1. The maximum atomic E-state index is 14.5. The lowest BCUT2D eigenvalue weighted by molar-refractivity contribution is 0.00578. The average molecular weight is 420 g/mol. The molecule has 0 aromatic heterocycles. The van der Waals surface area contributed by atoms with Crippen molar-refractivity contribution in [2.75, 3.05) is 13.1 Å². The number of halogens is 1. The second kappa shape index (κ2) is 7.53. The fourth-order valence-corrected chi connectivity index (χ4v) is 3.22. The van der Waals surface area contributed by atoms with Gasteiger partial charge >= 0.3 is 13.2 Å². The van der Waals surface area contributed by atoms with Gasteiger partial charge in [-0.1, -0.05) is 0 Å². The number of rotatable bonds is 3. The third kappa shape index (κ3) is 4.62. The number of carbonyl (C=O) groups is 2. The van der Waals surface area contributed by atoms with Gasteiger partial charge in [0.05, 0.1) is 17.2 Å². The summed E-state index contributed by atoms with van der Waals surface area (Å²) in [7, 11) is -0.888. The Hall–Kier alpha value is -2.13. The molecule has 0 spiro atoms. The molecular formula is C21H30BFN2O5. The number of nitrogens with zero attached hydrogens (tertiary/aromatic N) is 1. The summed E-state index contributed by atoms with van der Waals surface area (Å²) in [4.78, 5) is 26.2. The molecule has 2 heterocycles. The van der Waals surface area contributed by atoms with Crippen LogP contribution in [0.15, 0.2) is 18.2 Å². The topological polar surface area (TPSA) is 77.1 Å². The zero-order chi connectivity index (χ0) is 22.5. The minimum Gasteiger partial charge on any atom is -0.444 e. The van der Waals surface area contributed by atoms with E-state index >= 15 is 0 Å². The monoisotopic (exact) mass is 420 g/mol. The summed E-state index contributed by atoms with van der Waals surface area (Å²) >= 11 is 0. The summed E-state index contributed by atoms with van der Waals surface area (Å²) in [5, 5.41) is 2.74. The van der Waals surface area contributed by atoms with Crippen molar-refractivity contribution in [1.29, 1.82) is 0 Å². The van der Waals surface area contributed by atoms with Crippen LogP contribution in [0.2, 0.25) is 0 Å². The van der Waals surface area contributed by atoms with E-state index in [1.807, 2.05) is 27.7 Å². The third-order valence-corrected chi connectivity index (χ3v) is 5.64. The largest absolute Gasteiger partial charge is 0.497 e. The molecule has 2 fully saturated rings. The van der Waals surface area contributed by atoms with Gasteiger partial charge in [0.1, 0.15) is 11.4 Å². The summed E-state index contributed by atoms with van der Waals surface area (Å²) < 4.78 is 31.5. The Morgan fingerprint density at radius 2 is 1.73 bits per heavy atom.